The van der Waals surface area contributed by atoms with Gasteiger partial charge in [0.2, 0.25) is 0 Å². The van der Waals surface area contributed by atoms with Crippen molar-refractivity contribution < 1.29 is 14.3 Å². The molecule has 0 spiro atoms. The van der Waals surface area contributed by atoms with Crippen LogP contribution in [0.4, 0.5) is 0 Å². The third-order valence-corrected chi connectivity index (χ3v) is 5.75. The molecule has 0 saturated heterocycles. The van der Waals surface area contributed by atoms with Gasteiger partial charge < -0.3 is 9.64 Å². The fourth-order valence-corrected chi connectivity index (χ4v) is 4.24. The summed E-state index contributed by atoms with van der Waals surface area (Å²) in [6.45, 7) is 0.985. The summed E-state index contributed by atoms with van der Waals surface area (Å²) in [4.78, 5) is 32.5. The zero-order chi connectivity index (χ0) is 21.4. The van der Waals surface area contributed by atoms with Crippen LogP contribution in [0.25, 0.3) is 10.9 Å². The summed E-state index contributed by atoms with van der Waals surface area (Å²) >= 11 is 0. The van der Waals surface area contributed by atoms with Crippen LogP contribution in [0.2, 0.25) is 0 Å². The Morgan fingerprint density at radius 3 is 2.52 bits per heavy atom. The first-order valence-electron chi connectivity index (χ1n) is 10.2. The number of benzene rings is 2. The molecule has 0 radical (unpaired) electrons. The Morgan fingerprint density at radius 2 is 1.77 bits per heavy atom. The molecular weight excluding hydrogens is 390 g/mol. The van der Waals surface area contributed by atoms with E-state index in [-0.39, 0.29) is 11.8 Å². The zero-order valence-electron chi connectivity index (χ0n) is 17.1. The van der Waals surface area contributed by atoms with Gasteiger partial charge in [0.15, 0.2) is 0 Å². The van der Waals surface area contributed by atoms with Gasteiger partial charge in [0.05, 0.1) is 12.6 Å². The van der Waals surface area contributed by atoms with E-state index in [2.05, 4.69) is 4.98 Å². The molecule has 1 aliphatic heterocycles. The molecule has 0 atom stereocenters. The molecule has 5 rings (SSSR count). The summed E-state index contributed by atoms with van der Waals surface area (Å²) in [7, 11) is 1.62. The molecule has 0 fully saturated rings. The van der Waals surface area contributed by atoms with Crippen LogP contribution >= 0.6 is 0 Å². The lowest BCUT2D eigenvalue weighted by Gasteiger charge is -2.28. The van der Waals surface area contributed by atoms with E-state index in [0.29, 0.717) is 36.5 Å². The Kier molecular flexibility index (Phi) is 4.75. The Hall–Kier alpha value is -3.93. The largest absolute Gasteiger partial charge is 0.497 e. The van der Waals surface area contributed by atoms with Crippen molar-refractivity contribution in [3.63, 3.8) is 0 Å². The van der Waals surface area contributed by atoms with Crippen molar-refractivity contribution >= 4 is 22.7 Å². The van der Waals surface area contributed by atoms with Crippen LogP contribution in [0.5, 0.6) is 5.75 Å². The molecule has 0 saturated carbocycles. The quantitative estimate of drug-likeness (QED) is 0.512. The first kappa shape index (κ1) is 19.1. The molecular formula is C25H21N3O3. The Balaban J connectivity index is 1.62. The van der Waals surface area contributed by atoms with Crippen molar-refractivity contribution in [3.8, 4) is 5.75 Å². The number of amides is 1. The zero-order valence-corrected chi connectivity index (χ0v) is 17.1. The molecule has 0 aliphatic carbocycles. The Bertz CT molecular complexity index is 1280. The average Bonchev–Trinajstić information content (AvgIpc) is 3.17. The van der Waals surface area contributed by atoms with Crippen LogP contribution in [0.3, 0.4) is 0 Å². The summed E-state index contributed by atoms with van der Waals surface area (Å²) in [5.41, 5.74) is 3.76. The first-order valence-corrected chi connectivity index (χ1v) is 10.2. The van der Waals surface area contributed by atoms with Gasteiger partial charge in [-0.15, -0.1) is 0 Å². The topological polar surface area (TPSA) is 64.4 Å². The van der Waals surface area contributed by atoms with Crippen molar-refractivity contribution in [2.75, 3.05) is 13.7 Å². The minimum Gasteiger partial charge on any atom is -0.497 e. The van der Waals surface area contributed by atoms with E-state index in [1.54, 1.807) is 30.0 Å². The fraction of sp³-hybridized carbons (Fsp3) is 0.160. The predicted molar refractivity (Wildman–Crippen MR) is 117 cm³/mol. The second-order valence-electron chi connectivity index (χ2n) is 7.51. The molecule has 1 aliphatic rings. The van der Waals surface area contributed by atoms with Crippen LogP contribution in [0.15, 0.2) is 72.9 Å². The fourth-order valence-electron chi connectivity index (χ4n) is 4.24. The minimum absolute atomic E-state index is 0.00824. The maximum absolute atomic E-state index is 13.4. The van der Waals surface area contributed by atoms with Gasteiger partial charge in [0.25, 0.3) is 11.8 Å². The van der Waals surface area contributed by atoms with E-state index in [9.17, 15) is 9.59 Å². The lowest BCUT2D eigenvalue weighted by Crippen LogP contribution is -2.36. The summed E-state index contributed by atoms with van der Waals surface area (Å²) in [6.07, 6.45) is 2.21. The smallest absolute Gasteiger partial charge is 0.281 e. The molecule has 0 bridgehead atoms. The second-order valence-corrected chi connectivity index (χ2v) is 7.51. The van der Waals surface area contributed by atoms with E-state index in [1.807, 2.05) is 59.5 Å². The average molecular weight is 411 g/mol. The highest BCUT2D eigenvalue weighted by atomic mass is 16.5. The number of pyridine rings is 1. The first-order chi connectivity index (χ1) is 15.2. The maximum Gasteiger partial charge on any atom is 0.281 e. The van der Waals surface area contributed by atoms with E-state index >= 15 is 0 Å². The van der Waals surface area contributed by atoms with Crippen molar-refractivity contribution in [1.82, 2.24) is 14.5 Å². The maximum atomic E-state index is 13.4. The van der Waals surface area contributed by atoms with Crippen LogP contribution in [-0.4, -0.2) is 39.9 Å². The number of ether oxygens (including phenoxy) is 1. The Morgan fingerprint density at radius 1 is 0.968 bits per heavy atom. The number of rotatable bonds is 3. The highest BCUT2D eigenvalue weighted by Gasteiger charge is 2.30. The molecule has 1 amide bonds. The van der Waals surface area contributed by atoms with Crippen LogP contribution in [0, 0.1) is 0 Å². The van der Waals surface area contributed by atoms with Gasteiger partial charge in [-0.05, 0) is 42.5 Å². The van der Waals surface area contributed by atoms with E-state index in [4.69, 9.17) is 4.74 Å². The van der Waals surface area contributed by atoms with Crippen LogP contribution in [0.1, 0.15) is 32.1 Å². The summed E-state index contributed by atoms with van der Waals surface area (Å²) < 4.78 is 7.17. The standard InChI is InChI=1S/C25H21N3O3/c1-31-18-10-11-22-19(15-18)20-16-27(24(29)17-7-3-2-4-8-17)14-12-23(20)28(22)25(30)21-9-5-6-13-26-21/h2-11,13,15H,12,14,16H2,1H3. The molecule has 3 heterocycles. The third kappa shape index (κ3) is 3.26. The van der Waals surface area contributed by atoms with Gasteiger partial charge in [-0.3, -0.25) is 19.1 Å². The van der Waals surface area contributed by atoms with E-state index < -0.39 is 0 Å². The minimum atomic E-state index is -0.167. The third-order valence-electron chi connectivity index (χ3n) is 5.75. The molecule has 0 unspecified atom stereocenters. The van der Waals surface area contributed by atoms with Gasteiger partial charge in [0, 0.05) is 47.9 Å². The summed E-state index contributed by atoms with van der Waals surface area (Å²) in [6, 6.07) is 20.3. The molecule has 6 nitrogen and oxygen atoms in total. The number of nitrogens with zero attached hydrogens (tertiary/aromatic N) is 3. The van der Waals surface area contributed by atoms with Gasteiger partial charge in [-0.1, -0.05) is 24.3 Å². The SMILES string of the molecule is COc1ccc2c(c1)c1c(n2C(=O)c2ccccn2)CCN(C(=O)c2ccccc2)C1. The van der Waals surface area contributed by atoms with Gasteiger partial charge in [0.1, 0.15) is 11.4 Å². The van der Waals surface area contributed by atoms with Gasteiger partial charge in [-0.2, -0.15) is 0 Å². The van der Waals surface area contributed by atoms with Crippen molar-refractivity contribution in [3.05, 3.63) is 95.4 Å². The second kappa shape index (κ2) is 7.72. The van der Waals surface area contributed by atoms with Crippen LogP contribution < -0.4 is 4.74 Å². The molecule has 2 aromatic carbocycles. The number of methoxy groups -OCH3 is 1. The predicted octanol–water partition coefficient (Wildman–Crippen LogP) is 3.93. The number of aromatic nitrogens is 2. The molecule has 0 N–H and O–H groups in total. The molecule has 154 valence electrons. The highest BCUT2D eigenvalue weighted by Crippen LogP contribution is 2.34. The monoisotopic (exact) mass is 411 g/mol. The molecule has 2 aromatic heterocycles. The number of fused-ring (bicyclic) bond motifs is 3. The normalized spacial score (nSPS) is 13.1. The van der Waals surface area contributed by atoms with E-state index in [0.717, 1.165) is 22.2 Å². The van der Waals surface area contributed by atoms with Crippen molar-refractivity contribution in [1.29, 1.82) is 0 Å². The lowest BCUT2D eigenvalue weighted by atomic mass is 10.0. The Labute approximate surface area is 179 Å². The van der Waals surface area contributed by atoms with Crippen molar-refractivity contribution in [2.45, 2.75) is 13.0 Å². The summed E-state index contributed by atoms with van der Waals surface area (Å²) in [5.74, 6) is 0.537. The molecule has 31 heavy (non-hydrogen) atoms. The lowest BCUT2D eigenvalue weighted by molar-refractivity contribution is 0.0734. The van der Waals surface area contributed by atoms with Crippen LogP contribution in [-0.2, 0) is 13.0 Å². The number of hydrogen-bond acceptors (Lipinski definition) is 4. The molecule has 6 heteroatoms. The number of carbonyl (C=O) groups excluding carboxylic acids is 2. The van der Waals surface area contributed by atoms with Gasteiger partial charge >= 0.3 is 0 Å². The number of hydrogen-bond donors (Lipinski definition) is 0. The number of carbonyl (C=O) groups is 2. The van der Waals surface area contributed by atoms with Crippen molar-refractivity contribution in [2.24, 2.45) is 0 Å². The van der Waals surface area contributed by atoms with E-state index in [1.165, 1.54) is 0 Å². The highest BCUT2D eigenvalue weighted by molar-refractivity contribution is 6.04. The summed E-state index contributed by atoms with van der Waals surface area (Å²) in [5, 5.41) is 0.921. The molecule has 4 aromatic rings. The van der Waals surface area contributed by atoms with Gasteiger partial charge in [-0.25, -0.2) is 0 Å².